The Morgan fingerprint density at radius 2 is 1.22 bits per heavy atom. The molecule has 0 aliphatic heterocycles. The summed E-state index contributed by atoms with van der Waals surface area (Å²) < 4.78 is 0. The predicted molar refractivity (Wildman–Crippen MR) is 77.8 cm³/mol. The summed E-state index contributed by atoms with van der Waals surface area (Å²) in [5.41, 5.74) is 3.43. The Labute approximate surface area is 108 Å². The van der Waals surface area contributed by atoms with Crippen molar-refractivity contribution in [3.63, 3.8) is 0 Å². The molecular formula is C16H17NO. The summed E-state index contributed by atoms with van der Waals surface area (Å²) in [5, 5.41) is 9.20. The van der Waals surface area contributed by atoms with Crippen molar-refractivity contribution in [2.24, 2.45) is 0 Å². The second-order valence-electron chi connectivity index (χ2n) is 4.41. The lowest BCUT2D eigenvalue weighted by Crippen LogP contribution is -2.07. The number of hydrogen-bond donors (Lipinski definition) is 1. The van der Waals surface area contributed by atoms with Crippen LogP contribution in [0.25, 0.3) is 12.2 Å². The van der Waals surface area contributed by atoms with Crippen LogP contribution in [0.1, 0.15) is 11.1 Å². The molecule has 0 heterocycles. The minimum Gasteiger partial charge on any atom is -0.508 e. The summed E-state index contributed by atoms with van der Waals surface area (Å²) in [4.78, 5) is 2.08. The highest BCUT2D eigenvalue weighted by atomic mass is 16.3. The highest BCUT2D eigenvalue weighted by molar-refractivity contribution is 5.70. The molecule has 0 fully saturated rings. The fourth-order valence-corrected chi connectivity index (χ4v) is 1.66. The van der Waals surface area contributed by atoms with E-state index in [2.05, 4.69) is 35.2 Å². The van der Waals surface area contributed by atoms with Crippen molar-refractivity contribution >= 4 is 17.8 Å². The van der Waals surface area contributed by atoms with E-state index >= 15 is 0 Å². The predicted octanol–water partition coefficient (Wildman–Crippen LogP) is 3.63. The van der Waals surface area contributed by atoms with Crippen LogP contribution in [0.15, 0.2) is 48.5 Å². The van der Waals surface area contributed by atoms with Crippen LogP contribution in [0.2, 0.25) is 0 Å². The quantitative estimate of drug-likeness (QED) is 0.827. The molecule has 0 radical (unpaired) electrons. The molecule has 0 saturated heterocycles. The first-order valence-corrected chi connectivity index (χ1v) is 5.90. The van der Waals surface area contributed by atoms with Crippen molar-refractivity contribution in [1.29, 1.82) is 0 Å². The molecule has 2 aromatic carbocycles. The SMILES string of the molecule is CN(C)c1ccc(C=Cc2ccc(O)cc2)cc1. The molecule has 2 aromatic rings. The zero-order valence-electron chi connectivity index (χ0n) is 10.7. The molecule has 1 N–H and O–H groups in total. The van der Waals surface area contributed by atoms with Crippen LogP contribution in [0.4, 0.5) is 5.69 Å². The summed E-state index contributed by atoms with van der Waals surface area (Å²) in [6.07, 6.45) is 4.09. The number of hydrogen-bond acceptors (Lipinski definition) is 2. The number of rotatable bonds is 3. The Bertz CT molecular complexity index is 524. The van der Waals surface area contributed by atoms with Crippen LogP contribution in [0.5, 0.6) is 5.75 Å². The van der Waals surface area contributed by atoms with Crippen LogP contribution < -0.4 is 4.90 Å². The van der Waals surface area contributed by atoms with E-state index in [0.717, 1.165) is 11.1 Å². The Morgan fingerprint density at radius 3 is 1.67 bits per heavy atom. The molecule has 2 rings (SSSR count). The van der Waals surface area contributed by atoms with Gasteiger partial charge in [-0.25, -0.2) is 0 Å². The number of benzene rings is 2. The van der Waals surface area contributed by atoms with Gasteiger partial charge in [0.1, 0.15) is 5.75 Å². The molecule has 0 bridgehead atoms. The Morgan fingerprint density at radius 1 is 0.778 bits per heavy atom. The first kappa shape index (κ1) is 12.2. The molecule has 92 valence electrons. The molecule has 0 unspecified atom stereocenters. The first-order chi connectivity index (χ1) is 8.65. The third-order valence-electron chi connectivity index (χ3n) is 2.77. The van der Waals surface area contributed by atoms with E-state index in [4.69, 9.17) is 0 Å². The van der Waals surface area contributed by atoms with E-state index in [1.165, 1.54) is 5.69 Å². The average Bonchev–Trinajstić information content (AvgIpc) is 2.38. The maximum absolute atomic E-state index is 9.20. The smallest absolute Gasteiger partial charge is 0.115 e. The molecule has 2 nitrogen and oxygen atoms in total. The molecule has 0 aromatic heterocycles. The van der Waals surface area contributed by atoms with Gasteiger partial charge in [-0.3, -0.25) is 0 Å². The van der Waals surface area contributed by atoms with Crippen molar-refractivity contribution in [1.82, 2.24) is 0 Å². The standard InChI is InChI=1S/C16H17NO/c1-17(2)15-9-5-13(6-10-15)3-4-14-7-11-16(18)12-8-14/h3-12,18H,1-2H3. The summed E-state index contributed by atoms with van der Waals surface area (Å²) in [5.74, 6) is 0.294. The number of nitrogens with zero attached hydrogens (tertiary/aromatic N) is 1. The van der Waals surface area contributed by atoms with Crippen LogP contribution in [-0.2, 0) is 0 Å². The first-order valence-electron chi connectivity index (χ1n) is 5.90. The number of aromatic hydroxyl groups is 1. The average molecular weight is 239 g/mol. The third-order valence-corrected chi connectivity index (χ3v) is 2.77. The molecule has 0 amide bonds. The largest absolute Gasteiger partial charge is 0.508 e. The van der Waals surface area contributed by atoms with E-state index in [1.54, 1.807) is 12.1 Å². The number of phenolic OH excluding ortho intramolecular Hbond substituents is 1. The molecule has 18 heavy (non-hydrogen) atoms. The van der Waals surface area contributed by atoms with Crippen molar-refractivity contribution in [2.45, 2.75) is 0 Å². The van der Waals surface area contributed by atoms with Gasteiger partial charge in [-0.05, 0) is 35.4 Å². The van der Waals surface area contributed by atoms with Crippen LogP contribution in [0.3, 0.4) is 0 Å². The van der Waals surface area contributed by atoms with E-state index in [-0.39, 0.29) is 0 Å². The Balaban J connectivity index is 2.11. The van der Waals surface area contributed by atoms with Crippen molar-refractivity contribution < 1.29 is 5.11 Å². The molecule has 0 aliphatic carbocycles. The monoisotopic (exact) mass is 239 g/mol. The minimum atomic E-state index is 0.294. The van der Waals surface area contributed by atoms with Gasteiger partial charge in [-0.2, -0.15) is 0 Å². The molecule has 2 heteroatoms. The third kappa shape index (κ3) is 3.14. The summed E-state index contributed by atoms with van der Waals surface area (Å²) in [7, 11) is 4.06. The molecule has 0 atom stereocenters. The fourth-order valence-electron chi connectivity index (χ4n) is 1.66. The van der Waals surface area contributed by atoms with Gasteiger partial charge in [0.2, 0.25) is 0 Å². The summed E-state index contributed by atoms with van der Waals surface area (Å²) in [6.45, 7) is 0. The minimum absolute atomic E-state index is 0.294. The number of anilines is 1. The molecule has 0 aliphatic rings. The molecular weight excluding hydrogens is 222 g/mol. The maximum atomic E-state index is 9.20. The second kappa shape index (κ2) is 5.41. The zero-order chi connectivity index (χ0) is 13.0. The van der Waals surface area contributed by atoms with Crippen LogP contribution in [0, 0.1) is 0 Å². The van der Waals surface area contributed by atoms with Gasteiger partial charge < -0.3 is 10.0 Å². The Hall–Kier alpha value is -2.22. The summed E-state index contributed by atoms with van der Waals surface area (Å²) >= 11 is 0. The lowest BCUT2D eigenvalue weighted by Gasteiger charge is -2.11. The van der Waals surface area contributed by atoms with Gasteiger partial charge in [0.25, 0.3) is 0 Å². The van der Waals surface area contributed by atoms with Gasteiger partial charge >= 0.3 is 0 Å². The topological polar surface area (TPSA) is 23.5 Å². The highest BCUT2D eigenvalue weighted by Gasteiger charge is 1.93. The van der Waals surface area contributed by atoms with Gasteiger partial charge in [-0.15, -0.1) is 0 Å². The van der Waals surface area contributed by atoms with Crippen LogP contribution in [-0.4, -0.2) is 19.2 Å². The van der Waals surface area contributed by atoms with Gasteiger partial charge in [0.15, 0.2) is 0 Å². The fraction of sp³-hybridized carbons (Fsp3) is 0.125. The second-order valence-corrected chi connectivity index (χ2v) is 4.41. The normalized spacial score (nSPS) is 10.8. The zero-order valence-corrected chi connectivity index (χ0v) is 10.7. The lowest BCUT2D eigenvalue weighted by atomic mass is 10.1. The highest BCUT2D eigenvalue weighted by Crippen LogP contribution is 2.15. The van der Waals surface area contributed by atoms with Crippen molar-refractivity contribution in [2.75, 3.05) is 19.0 Å². The molecule has 0 spiro atoms. The van der Waals surface area contributed by atoms with E-state index in [9.17, 15) is 5.11 Å². The summed E-state index contributed by atoms with van der Waals surface area (Å²) in [6, 6.07) is 15.5. The van der Waals surface area contributed by atoms with Crippen LogP contribution >= 0.6 is 0 Å². The Kier molecular flexibility index (Phi) is 3.68. The molecule has 0 saturated carbocycles. The van der Waals surface area contributed by atoms with E-state index in [1.807, 2.05) is 32.3 Å². The van der Waals surface area contributed by atoms with Crippen molar-refractivity contribution in [3.05, 3.63) is 59.7 Å². The van der Waals surface area contributed by atoms with Gasteiger partial charge in [0, 0.05) is 19.8 Å². The van der Waals surface area contributed by atoms with Gasteiger partial charge in [0.05, 0.1) is 0 Å². The van der Waals surface area contributed by atoms with E-state index < -0.39 is 0 Å². The maximum Gasteiger partial charge on any atom is 0.115 e. The number of phenols is 1. The van der Waals surface area contributed by atoms with Gasteiger partial charge in [-0.1, -0.05) is 36.4 Å². The van der Waals surface area contributed by atoms with Crippen molar-refractivity contribution in [3.8, 4) is 5.75 Å². The lowest BCUT2D eigenvalue weighted by molar-refractivity contribution is 0.475. The van der Waals surface area contributed by atoms with E-state index in [0.29, 0.717) is 5.75 Å².